The molecule has 3 aromatic rings. The quantitative estimate of drug-likeness (QED) is 0.518. The van der Waals surface area contributed by atoms with Crippen molar-refractivity contribution in [1.82, 2.24) is 9.97 Å². The second kappa shape index (κ2) is 9.39. The second-order valence-electron chi connectivity index (χ2n) is 6.48. The zero-order valence-corrected chi connectivity index (χ0v) is 16.7. The van der Waals surface area contributed by atoms with E-state index in [2.05, 4.69) is 20.6 Å². The number of aromatic nitrogens is 2. The van der Waals surface area contributed by atoms with Gasteiger partial charge < -0.3 is 15.4 Å². The molecule has 0 saturated carbocycles. The Labute approximate surface area is 173 Å². The van der Waals surface area contributed by atoms with Gasteiger partial charge >= 0.3 is 5.97 Å². The number of hydrogen-bond acceptors (Lipinski definition) is 7. The van der Waals surface area contributed by atoms with Gasteiger partial charge in [-0.1, -0.05) is 29.8 Å². The summed E-state index contributed by atoms with van der Waals surface area (Å²) in [6.45, 7) is 4.10. The van der Waals surface area contributed by atoms with E-state index in [0.29, 0.717) is 17.9 Å². The Morgan fingerprint density at radius 2 is 1.80 bits per heavy atom. The van der Waals surface area contributed by atoms with E-state index in [1.165, 1.54) is 0 Å². The van der Waals surface area contributed by atoms with Gasteiger partial charge in [0.25, 0.3) is 5.56 Å². The molecular formula is C22H21N5O3. The third-order valence-electron chi connectivity index (χ3n) is 4.25. The molecule has 30 heavy (non-hydrogen) atoms. The van der Waals surface area contributed by atoms with Gasteiger partial charge in [0.2, 0.25) is 5.95 Å². The standard InChI is InChI=1S/C22H21N5O3/c1-3-30-19(28)13-24-16-10-6-15(7-11-16)20-18(12-23)21(29)27-22(26-20)25-17-8-4-14(2)5-9-17/h4-11,24H,3,13H2,1-2H3,(H2,25,26,27,29). The van der Waals surface area contributed by atoms with Crippen LogP contribution >= 0.6 is 0 Å². The Morgan fingerprint density at radius 3 is 2.43 bits per heavy atom. The van der Waals surface area contributed by atoms with Crippen molar-refractivity contribution < 1.29 is 9.53 Å². The molecule has 8 nitrogen and oxygen atoms in total. The van der Waals surface area contributed by atoms with E-state index < -0.39 is 5.56 Å². The molecule has 3 rings (SSSR count). The topological polar surface area (TPSA) is 120 Å². The van der Waals surface area contributed by atoms with E-state index in [4.69, 9.17) is 4.74 Å². The second-order valence-corrected chi connectivity index (χ2v) is 6.48. The van der Waals surface area contributed by atoms with Crippen LogP contribution in [0.4, 0.5) is 17.3 Å². The van der Waals surface area contributed by atoms with Crippen molar-refractivity contribution in [3.63, 3.8) is 0 Å². The number of nitriles is 1. The van der Waals surface area contributed by atoms with Crippen molar-refractivity contribution >= 4 is 23.3 Å². The predicted molar refractivity (Wildman–Crippen MR) is 115 cm³/mol. The first kappa shape index (κ1) is 20.6. The lowest BCUT2D eigenvalue weighted by Crippen LogP contribution is -2.17. The van der Waals surface area contributed by atoms with Gasteiger partial charge in [0.1, 0.15) is 18.2 Å². The average Bonchev–Trinajstić information content (AvgIpc) is 2.74. The fourth-order valence-corrected chi connectivity index (χ4v) is 2.75. The van der Waals surface area contributed by atoms with Crippen molar-refractivity contribution in [2.24, 2.45) is 0 Å². The largest absolute Gasteiger partial charge is 0.465 e. The zero-order chi connectivity index (χ0) is 21.5. The van der Waals surface area contributed by atoms with Crippen LogP contribution in [-0.2, 0) is 9.53 Å². The van der Waals surface area contributed by atoms with Gasteiger partial charge in [0.05, 0.1) is 12.3 Å². The number of nitrogens with zero attached hydrogens (tertiary/aromatic N) is 2. The number of aromatic amines is 1. The summed E-state index contributed by atoms with van der Waals surface area (Å²) in [4.78, 5) is 30.9. The SMILES string of the molecule is CCOC(=O)CNc1ccc(-c2nc(Nc3ccc(C)cc3)[nH]c(=O)c2C#N)cc1. The van der Waals surface area contributed by atoms with Crippen molar-refractivity contribution in [3.05, 3.63) is 70.0 Å². The summed E-state index contributed by atoms with van der Waals surface area (Å²) >= 11 is 0. The number of carbonyl (C=O) groups excluding carboxylic acids is 1. The first-order valence-corrected chi connectivity index (χ1v) is 9.38. The van der Waals surface area contributed by atoms with Crippen LogP contribution in [0.5, 0.6) is 0 Å². The number of nitrogens with one attached hydrogen (secondary N) is 3. The minimum atomic E-state index is -0.526. The number of rotatable bonds is 7. The molecule has 0 aliphatic carbocycles. The first-order chi connectivity index (χ1) is 14.5. The Hall–Kier alpha value is -4.12. The molecule has 0 saturated heterocycles. The van der Waals surface area contributed by atoms with Crippen molar-refractivity contribution in [2.75, 3.05) is 23.8 Å². The first-order valence-electron chi connectivity index (χ1n) is 9.38. The van der Waals surface area contributed by atoms with E-state index in [0.717, 1.165) is 11.3 Å². The highest BCUT2D eigenvalue weighted by Crippen LogP contribution is 2.23. The molecule has 0 radical (unpaired) electrons. The van der Waals surface area contributed by atoms with Crippen LogP contribution < -0.4 is 16.2 Å². The molecule has 3 N–H and O–H groups in total. The fraction of sp³-hybridized carbons (Fsp3) is 0.182. The van der Waals surface area contributed by atoms with Gasteiger partial charge in [-0.25, -0.2) is 4.98 Å². The van der Waals surface area contributed by atoms with Crippen LogP contribution in [0.25, 0.3) is 11.3 Å². The molecule has 0 unspecified atom stereocenters. The van der Waals surface area contributed by atoms with E-state index in [9.17, 15) is 14.9 Å². The van der Waals surface area contributed by atoms with Gasteiger partial charge in [-0.15, -0.1) is 0 Å². The average molecular weight is 403 g/mol. The molecule has 0 fully saturated rings. The van der Waals surface area contributed by atoms with E-state index in [-0.39, 0.29) is 29.7 Å². The fourth-order valence-electron chi connectivity index (χ4n) is 2.75. The van der Waals surface area contributed by atoms with Gasteiger partial charge in [-0.3, -0.25) is 14.6 Å². The lowest BCUT2D eigenvalue weighted by atomic mass is 10.1. The van der Waals surface area contributed by atoms with Gasteiger partial charge in [0, 0.05) is 16.9 Å². The highest BCUT2D eigenvalue weighted by molar-refractivity contribution is 5.75. The number of carbonyl (C=O) groups is 1. The van der Waals surface area contributed by atoms with Crippen LogP contribution in [0.15, 0.2) is 53.3 Å². The number of hydrogen-bond donors (Lipinski definition) is 3. The normalized spacial score (nSPS) is 10.2. The number of esters is 1. The Kier molecular flexibility index (Phi) is 6.45. The van der Waals surface area contributed by atoms with E-state index in [1.54, 1.807) is 31.2 Å². The number of benzene rings is 2. The predicted octanol–water partition coefficient (Wildman–Crippen LogP) is 3.34. The van der Waals surface area contributed by atoms with Crippen molar-refractivity contribution in [3.8, 4) is 17.3 Å². The van der Waals surface area contributed by atoms with Crippen LogP contribution in [0.2, 0.25) is 0 Å². The highest BCUT2D eigenvalue weighted by atomic mass is 16.5. The van der Waals surface area contributed by atoms with Crippen LogP contribution in [0.3, 0.4) is 0 Å². The maximum Gasteiger partial charge on any atom is 0.325 e. The Balaban J connectivity index is 1.86. The smallest absolute Gasteiger partial charge is 0.325 e. The number of ether oxygens (including phenoxy) is 1. The Morgan fingerprint density at radius 1 is 1.13 bits per heavy atom. The molecule has 1 heterocycles. The molecule has 152 valence electrons. The minimum absolute atomic E-state index is 0.0461. The van der Waals surface area contributed by atoms with Crippen molar-refractivity contribution in [1.29, 1.82) is 5.26 Å². The molecule has 1 aromatic heterocycles. The maximum atomic E-state index is 12.4. The molecule has 2 aromatic carbocycles. The zero-order valence-electron chi connectivity index (χ0n) is 16.7. The van der Waals surface area contributed by atoms with E-state index >= 15 is 0 Å². The molecule has 0 atom stereocenters. The molecule has 0 bridgehead atoms. The Bertz CT molecular complexity index is 1130. The molecule has 8 heteroatoms. The van der Waals surface area contributed by atoms with Crippen LogP contribution in [0.1, 0.15) is 18.1 Å². The summed E-state index contributed by atoms with van der Waals surface area (Å²) in [5.41, 5.74) is 2.85. The van der Waals surface area contributed by atoms with Gasteiger partial charge in [-0.2, -0.15) is 5.26 Å². The molecule has 0 amide bonds. The number of H-pyrrole nitrogens is 1. The van der Waals surface area contributed by atoms with Crippen LogP contribution in [-0.4, -0.2) is 29.1 Å². The van der Waals surface area contributed by atoms with Gasteiger partial charge in [-0.05, 0) is 38.1 Å². The maximum absolute atomic E-state index is 12.4. The molecule has 0 aliphatic heterocycles. The summed E-state index contributed by atoms with van der Waals surface area (Å²) < 4.78 is 4.88. The third kappa shape index (κ3) is 5.02. The summed E-state index contributed by atoms with van der Waals surface area (Å²) in [5.74, 6) is -0.112. The summed E-state index contributed by atoms with van der Waals surface area (Å²) in [7, 11) is 0. The van der Waals surface area contributed by atoms with Gasteiger partial charge in [0.15, 0.2) is 0 Å². The van der Waals surface area contributed by atoms with Crippen molar-refractivity contribution in [2.45, 2.75) is 13.8 Å². The summed E-state index contributed by atoms with van der Waals surface area (Å²) in [5, 5.41) is 15.4. The molecule has 0 aliphatic rings. The highest BCUT2D eigenvalue weighted by Gasteiger charge is 2.14. The summed E-state index contributed by atoms with van der Waals surface area (Å²) in [6, 6.07) is 16.5. The van der Waals surface area contributed by atoms with E-state index in [1.807, 2.05) is 37.3 Å². The summed E-state index contributed by atoms with van der Waals surface area (Å²) in [6.07, 6.45) is 0. The monoisotopic (exact) mass is 403 g/mol. The third-order valence-corrected chi connectivity index (χ3v) is 4.25. The number of aryl methyl sites for hydroxylation is 1. The minimum Gasteiger partial charge on any atom is -0.465 e. The lowest BCUT2D eigenvalue weighted by Gasteiger charge is -2.10. The lowest BCUT2D eigenvalue weighted by molar-refractivity contribution is -0.140. The molecular weight excluding hydrogens is 382 g/mol. The number of anilines is 3. The molecule has 0 spiro atoms. The van der Waals surface area contributed by atoms with Crippen LogP contribution in [0, 0.1) is 18.3 Å².